The Bertz CT molecular complexity index is 396. The number of guanidine groups is 1. The fourth-order valence-electron chi connectivity index (χ4n) is 1.93. The van der Waals surface area contributed by atoms with E-state index in [1.807, 2.05) is 33.2 Å². The van der Waals surface area contributed by atoms with Crippen LogP contribution in [0.3, 0.4) is 0 Å². The molecule has 0 radical (unpaired) electrons. The summed E-state index contributed by atoms with van der Waals surface area (Å²) in [5.74, 6) is 1.69. The number of hydrogen-bond donors (Lipinski definition) is 2. The Kier molecular flexibility index (Phi) is 10.4. The highest BCUT2D eigenvalue weighted by Crippen LogP contribution is 2.17. The van der Waals surface area contributed by atoms with Gasteiger partial charge in [0.05, 0.1) is 18.9 Å². The molecule has 0 bridgehead atoms. The third-order valence-corrected chi connectivity index (χ3v) is 2.98. The van der Waals surface area contributed by atoms with Crippen LogP contribution in [0.15, 0.2) is 27.8 Å². The maximum atomic E-state index is 5.48. The maximum absolute atomic E-state index is 5.48. The Hall–Kier alpha value is -0.800. The highest BCUT2D eigenvalue weighted by molar-refractivity contribution is 14.0. The number of methoxy groups -OCH3 is 1. The summed E-state index contributed by atoms with van der Waals surface area (Å²) in [5.41, 5.74) is 0. The molecule has 2 N–H and O–H groups in total. The van der Waals surface area contributed by atoms with E-state index in [9.17, 15) is 0 Å². The van der Waals surface area contributed by atoms with Crippen molar-refractivity contribution in [2.75, 3.05) is 41.4 Å². The molecule has 7 heteroatoms. The Labute approximate surface area is 144 Å². The van der Waals surface area contributed by atoms with Crippen LogP contribution in [0.25, 0.3) is 0 Å². The second kappa shape index (κ2) is 10.9. The average Bonchev–Trinajstić information content (AvgIpc) is 2.91. The molecule has 0 saturated heterocycles. The van der Waals surface area contributed by atoms with E-state index < -0.39 is 0 Å². The van der Waals surface area contributed by atoms with Gasteiger partial charge in [0, 0.05) is 26.7 Å². The number of ether oxygens (including phenoxy) is 1. The second-order valence-electron chi connectivity index (χ2n) is 4.95. The third kappa shape index (κ3) is 7.14. The van der Waals surface area contributed by atoms with Crippen LogP contribution in [-0.4, -0.2) is 58.3 Å². The van der Waals surface area contributed by atoms with Crippen molar-refractivity contribution >= 4 is 29.9 Å². The van der Waals surface area contributed by atoms with Crippen LogP contribution < -0.4 is 10.6 Å². The van der Waals surface area contributed by atoms with Crippen molar-refractivity contribution in [1.29, 1.82) is 0 Å². The first-order valence-electron chi connectivity index (χ1n) is 6.74. The van der Waals surface area contributed by atoms with Gasteiger partial charge in [-0.15, -0.1) is 24.0 Å². The lowest BCUT2D eigenvalue weighted by molar-refractivity contribution is 0.178. The van der Waals surface area contributed by atoms with Crippen LogP contribution in [0.4, 0.5) is 0 Å². The number of furan rings is 1. The highest BCUT2D eigenvalue weighted by Gasteiger charge is 2.17. The maximum Gasteiger partial charge on any atom is 0.191 e. The van der Waals surface area contributed by atoms with Crippen LogP contribution in [0, 0.1) is 0 Å². The van der Waals surface area contributed by atoms with Gasteiger partial charge in [-0.1, -0.05) is 0 Å². The summed E-state index contributed by atoms with van der Waals surface area (Å²) >= 11 is 0. The zero-order valence-electron chi connectivity index (χ0n) is 13.4. The van der Waals surface area contributed by atoms with E-state index >= 15 is 0 Å². The van der Waals surface area contributed by atoms with Gasteiger partial charge in [0.15, 0.2) is 5.96 Å². The molecule has 2 unspecified atom stereocenters. The predicted octanol–water partition coefficient (Wildman–Crippen LogP) is 1.70. The molecular formula is C14H27IN4O2. The summed E-state index contributed by atoms with van der Waals surface area (Å²) in [5, 5.41) is 6.58. The summed E-state index contributed by atoms with van der Waals surface area (Å²) in [4.78, 5) is 6.32. The SMILES string of the molecule is CN=C(NCC(c1ccco1)N(C)C)NC(C)COC.I. The summed E-state index contributed by atoms with van der Waals surface area (Å²) in [6.07, 6.45) is 1.69. The Morgan fingerprint density at radius 3 is 2.67 bits per heavy atom. The van der Waals surface area contributed by atoms with Gasteiger partial charge in [-0.3, -0.25) is 9.89 Å². The summed E-state index contributed by atoms with van der Waals surface area (Å²) in [7, 11) is 7.50. The van der Waals surface area contributed by atoms with Crippen LogP contribution in [0.5, 0.6) is 0 Å². The molecule has 0 fully saturated rings. The van der Waals surface area contributed by atoms with E-state index in [4.69, 9.17) is 9.15 Å². The zero-order valence-corrected chi connectivity index (χ0v) is 15.8. The molecule has 1 aromatic heterocycles. The number of nitrogens with one attached hydrogen (secondary N) is 2. The topological polar surface area (TPSA) is 62.0 Å². The highest BCUT2D eigenvalue weighted by atomic mass is 127. The molecule has 2 atom stereocenters. The standard InChI is InChI=1S/C14H26N4O2.HI/c1-11(10-19-5)17-14(15-2)16-9-12(18(3)4)13-7-6-8-20-13;/h6-8,11-12H,9-10H2,1-5H3,(H2,15,16,17);1H. The molecule has 1 rings (SSSR count). The Morgan fingerprint density at radius 1 is 1.48 bits per heavy atom. The minimum absolute atomic E-state index is 0. The molecule has 6 nitrogen and oxygen atoms in total. The average molecular weight is 410 g/mol. The number of halogens is 1. The van der Waals surface area contributed by atoms with Crippen molar-refractivity contribution < 1.29 is 9.15 Å². The van der Waals surface area contributed by atoms with Crippen LogP contribution >= 0.6 is 24.0 Å². The molecule has 0 aromatic carbocycles. The number of rotatable bonds is 7. The molecule has 0 aliphatic heterocycles. The van der Waals surface area contributed by atoms with Gasteiger partial charge < -0.3 is 19.8 Å². The van der Waals surface area contributed by atoms with Crippen molar-refractivity contribution in [2.45, 2.75) is 19.0 Å². The van der Waals surface area contributed by atoms with Crippen molar-refractivity contribution in [3.8, 4) is 0 Å². The first kappa shape index (κ1) is 20.2. The van der Waals surface area contributed by atoms with E-state index in [1.165, 1.54) is 0 Å². The van der Waals surface area contributed by atoms with Crippen molar-refractivity contribution in [1.82, 2.24) is 15.5 Å². The fraction of sp³-hybridized carbons (Fsp3) is 0.643. The summed E-state index contributed by atoms with van der Waals surface area (Å²) in [6, 6.07) is 4.24. The van der Waals surface area contributed by atoms with Crippen molar-refractivity contribution in [3.05, 3.63) is 24.2 Å². The molecular weight excluding hydrogens is 383 g/mol. The lowest BCUT2D eigenvalue weighted by Gasteiger charge is -2.24. The van der Waals surface area contributed by atoms with E-state index in [0.29, 0.717) is 13.2 Å². The van der Waals surface area contributed by atoms with Gasteiger partial charge in [0.2, 0.25) is 0 Å². The first-order chi connectivity index (χ1) is 9.58. The molecule has 0 saturated carbocycles. The van der Waals surface area contributed by atoms with Gasteiger partial charge in [0.25, 0.3) is 0 Å². The lowest BCUT2D eigenvalue weighted by atomic mass is 10.2. The number of likely N-dealkylation sites (N-methyl/N-ethyl adjacent to an activating group) is 1. The third-order valence-electron chi connectivity index (χ3n) is 2.98. The molecule has 1 aromatic rings. The minimum atomic E-state index is 0. The monoisotopic (exact) mass is 410 g/mol. The molecule has 0 aliphatic carbocycles. The quantitative estimate of drug-likeness (QED) is 0.407. The molecule has 0 aliphatic rings. The molecule has 0 spiro atoms. The molecule has 21 heavy (non-hydrogen) atoms. The minimum Gasteiger partial charge on any atom is -0.468 e. The molecule has 1 heterocycles. The summed E-state index contributed by atoms with van der Waals surface area (Å²) < 4.78 is 10.6. The van der Waals surface area contributed by atoms with E-state index in [-0.39, 0.29) is 36.1 Å². The number of aliphatic imine (C=N–C) groups is 1. The Balaban J connectivity index is 0.00000400. The normalized spacial score (nSPS) is 14.5. The van der Waals surface area contributed by atoms with Gasteiger partial charge in [-0.25, -0.2) is 0 Å². The second-order valence-corrected chi connectivity index (χ2v) is 4.95. The van der Waals surface area contributed by atoms with E-state index in [0.717, 1.165) is 11.7 Å². The molecule has 122 valence electrons. The van der Waals surface area contributed by atoms with Gasteiger partial charge in [-0.05, 0) is 33.2 Å². The van der Waals surface area contributed by atoms with E-state index in [2.05, 4.69) is 20.5 Å². The van der Waals surface area contributed by atoms with Crippen molar-refractivity contribution in [2.24, 2.45) is 4.99 Å². The zero-order chi connectivity index (χ0) is 15.0. The van der Waals surface area contributed by atoms with Crippen molar-refractivity contribution in [3.63, 3.8) is 0 Å². The summed E-state index contributed by atoms with van der Waals surface area (Å²) in [6.45, 7) is 3.39. The predicted molar refractivity (Wildman–Crippen MR) is 96.4 cm³/mol. The van der Waals surface area contributed by atoms with Gasteiger partial charge in [-0.2, -0.15) is 0 Å². The first-order valence-corrected chi connectivity index (χ1v) is 6.74. The van der Waals surface area contributed by atoms with E-state index in [1.54, 1.807) is 20.4 Å². The Morgan fingerprint density at radius 2 is 2.19 bits per heavy atom. The van der Waals surface area contributed by atoms with Gasteiger partial charge >= 0.3 is 0 Å². The lowest BCUT2D eigenvalue weighted by Crippen LogP contribution is -2.46. The number of hydrogen-bond acceptors (Lipinski definition) is 4. The van der Waals surface area contributed by atoms with Crippen LogP contribution in [0.2, 0.25) is 0 Å². The smallest absolute Gasteiger partial charge is 0.191 e. The van der Waals surface area contributed by atoms with Crippen LogP contribution in [0.1, 0.15) is 18.7 Å². The van der Waals surface area contributed by atoms with Gasteiger partial charge in [0.1, 0.15) is 5.76 Å². The largest absolute Gasteiger partial charge is 0.468 e. The van der Waals surface area contributed by atoms with Crippen LogP contribution in [-0.2, 0) is 4.74 Å². The number of nitrogens with zero attached hydrogens (tertiary/aromatic N) is 2. The fourth-order valence-corrected chi connectivity index (χ4v) is 1.93. The molecule has 0 amide bonds.